The molecule has 0 atom stereocenters. The van der Waals surface area contributed by atoms with Gasteiger partial charge in [-0.2, -0.15) is 0 Å². The first-order valence-corrected chi connectivity index (χ1v) is 4.13. The molecule has 4 nitrogen and oxygen atoms in total. The Kier molecular flexibility index (Phi) is 6.05. The fraction of sp³-hybridized carbons (Fsp3) is 0.750. The number of carbonyl (C=O) groups is 2. The van der Waals surface area contributed by atoms with E-state index in [2.05, 4.69) is 10.1 Å². The zero-order chi connectivity index (χ0) is 9.40. The van der Waals surface area contributed by atoms with Crippen molar-refractivity contribution in [2.45, 2.75) is 26.7 Å². The molecule has 0 rings (SSSR count). The van der Waals surface area contributed by atoms with Crippen molar-refractivity contribution in [1.82, 2.24) is 5.32 Å². The summed E-state index contributed by atoms with van der Waals surface area (Å²) in [7, 11) is 0. The van der Waals surface area contributed by atoms with Crippen molar-refractivity contribution in [1.29, 1.82) is 0 Å². The summed E-state index contributed by atoms with van der Waals surface area (Å²) in [6.45, 7) is 4.04. The van der Waals surface area contributed by atoms with Gasteiger partial charge < -0.3 is 10.1 Å². The molecule has 0 radical (unpaired) electrons. The van der Waals surface area contributed by atoms with Gasteiger partial charge in [-0.15, -0.1) is 0 Å². The first-order valence-electron chi connectivity index (χ1n) is 4.13. The molecule has 1 amide bonds. The molecule has 12 heavy (non-hydrogen) atoms. The molecule has 70 valence electrons. The van der Waals surface area contributed by atoms with Crippen molar-refractivity contribution in [3.8, 4) is 0 Å². The van der Waals surface area contributed by atoms with Crippen LogP contribution in [0.5, 0.6) is 0 Å². The minimum atomic E-state index is -0.526. The zero-order valence-corrected chi connectivity index (χ0v) is 7.55. The summed E-state index contributed by atoms with van der Waals surface area (Å²) in [6.07, 6.45) is 0.789. The third kappa shape index (κ3) is 5.70. The van der Waals surface area contributed by atoms with E-state index in [0.29, 0.717) is 13.0 Å². The van der Waals surface area contributed by atoms with Crippen molar-refractivity contribution < 1.29 is 14.3 Å². The highest BCUT2D eigenvalue weighted by Gasteiger charge is 2.03. The van der Waals surface area contributed by atoms with E-state index >= 15 is 0 Å². The molecule has 4 heteroatoms. The van der Waals surface area contributed by atoms with Crippen LogP contribution in [-0.4, -0.2) is 25.0 Å². The lowest BCUT2D eigenvalue weighted by atomic mass is 10.2. The van der Waals surface area contributed by atoms with Crippen molar-refractivity contribution in [2.75, 3.05) is 13.2 Å². The number of Topliss-reactive ketones (excluding diaryl/α,β-unsaturated/α-hetero) is 1. The molecule has 0 aromatic heterocycles. The number of carbonyl (C=O) groups excluding carboxylic acids is 2. The Bertz CT molecular complexity index is 138. The number of rotatable bonds is 5. The third-order valence-corrected chi connectivity index (χ3v) is 1.23. The van der Waals surface area contributed by atoms with Gasteiger partial charge in [0.05, 0.1) is 13.2 Å². The van der Waals surface area contributed by atoms with E-state index in [0.717, 1.165) is 6.42 Å². The van der Waals surface area contributed by atoms with E-state index in [-0.39, 0.29) is 12.3 Å². The summed E-state index contributed by atoms with van der Waals surface area (Å²) in [5, 5.41) is 2.36. The molecule has 1 N–H and O–H groups in total. The molecule has 0 bridgehead atoms. The molecule has 0 aromatic carbocycles. The predicted octanol–water partition coefficient (Wildman–Crippen LogP) is 1.10. The van der Waals surface area contributed by atoms with Gasteiger partial charge in [0.2, 0.25) is 0 Å². The normalized spacial score (nSPS) is 9.17. The minimum absolute atomic E-state index is 0.0329. The van der Waals surface area contributed by atoms with E-state index in [4.69, 9.17) is 0 Å². The van der Waals surface area contributed by atoms with Gasteiger partial charge in [0, 0.05) is 6.42 Å². The molecule has 0 aliphatic carbocycles. The number of alkyl carbamates (subject to hydrolysis) is 1. The maximum absolute atomic E-state index is 10.9. The van der Waals surface area contributed by atoms with Gasteiger partial charge in [0.1, 0.15) is 0 Å². The highest BCUT2D eigenvalue weighted by molar-refractivity contribution is 5.83. The minimum Gasteiger partial charge on any atom is -0.450 e. The first kappa shape index (κ1) is 10.9. The largest absolute Gasteiger partial charge is 0.450 e. The Morgan fingerprint density at radius 3 is 2.50 bits per heavy atom. The molecular weight excluding hydrogens is 158 g/mol. The summed E-state index contributed by atoms with van der Waals surface area (Å²) in [4.78, 5) is 21.5. The molecule has 0 fully saturated rings. The van der Waals surface area contributed by atoms with Crippen LogP contribution in [0.1, 0.15) is 26.7 Å². The van der Waals surface area contributed by atoms with Crippen LogP contribution in [0.15, 0.2) is 0 Å². The van der Waals surface area contributed by atoms with Crippen LogP contribution in [0.4, 0.5) is 4.79 Å². The van der Waals surface area contributed by atoms with E-state index in [1.807, 2.05) is 6.92 Å². The second-order valence-corrected chi connectivity index (χ2v) is 2.36. The van der Waals surface area contributed by atoms with Gasteiger partial charge in [-0.1, -0.05) is 6.92 Å². The van der Waals surface area contributed by atoms with Crippen molar-refractivity contribution in [3.05, 3.63) is 0 Å². The topological polar surface area (TPSA) is 55.4 Å². The van der Waals surface area contributed by atoms with Crippen LogP contribution in [0.3, 0.4) is 0 Å². The van der Waals surface area contributed by atoms with E-state index in [1.54, 1.807) is 6.92 Å². The molecule has 0 heterocycles. The summed E-state index contributed by atoms with van der Waals surface area (Å²) in [5.41, 5.74) is 0. The van der Waals surface area contributed by atoms with Gasteiger partial charge in [0.25, 0.3) is 0 Å². The second-order valence-electron chi connectivity index (χ2n) is 2.36. The smallest absolute Gasteiger partial charge is 0.407 e. The van der Waals surface area contributed by atoms with E-state index in [1.165, 1.54) is 0 Å². The number of hydrogen-bond donors (Lipinski definition) is 1. The maximum Gasteiger partial charge on any atom is 0.407 e. The Balaban J connectivity index is 3.40. The van der Waals surface area contributed by atoms with Gasteiger partial charge in [0.15, 0.2) is 5.78 Å². The molecule has 0 aliphatic rings. The lowest BCUT2D eigenvalue weighted by Crippen LogP contribution is -2.29. The fourth-order valence-electron chi connectivity index (χ4n) is 0.720. The van der Waals surface area contributed by atoms with Gasteiger partial charge in [-0.25, -0.2) is 4.79 Å². The van der Waals surface area contributed by atoms with Gasteiger partial charge in [-0.3, -0.25) is 4.79 Å². The SMILES string of the molecule is CCCC(=O)CNC(=O)OCC. The van der Waals surface area contributed by atoms with Crippen LogP contribution in [0.25, 0.3) is 0 Å². The van der Waals surface area contributed by atoms with Crippen LogP contribution in [-0.2, 0) is 9.53 Å². The Labute approximate surface area is 72.3 Å². The molecule has 0 saturated heterocycles. The molecule has 0 spiro atoms. The molecule has 0 aliphatic heterocycles. The average Bonchev–Trinajstić information content (AvgIpc) is 2.02. The quantitative estimate of drug-likeness (QED) is 0.677. The average molecular weight is 173 g/mol. The van der Waals surface area contributed by atoms with Crippen LogP contribution in [0, 0.1) is 0 Å². The summed E-state index contributed by atoms with van der Waals surface area (Å²) >= 11 is 0. The highest BCUT2D eigenvalue weighted by Crippen LogP contribution is 1.87. The molecule has 0 saturated carbocycles. The van der Waals surface area contributed by atoms with Gasteiger partial charge in [-0.05, 0) is 13.3 Å². The predicted molar refractivity (Wildman–Crippen MR) is 44.9 cm³/mol. The number of amides is 1. The molecule has 0 aromatic rings. The Morgan fingerprint density at radius 1 is 1.33 bits per heavy atom. The fourth-order valence-corrected chi connectivity index (χ4v) is 0.720. The Hall–Kier alpha value is -1.06. The first-order chi connectivity index (χ1) is 5.70. The van der Waals surface area contributed by atoms with Crippen LogP contribution < -0.4 is 5.32 Å². The zero-order valence-electron chi connectivity index (χ0n) is 7.55. The summed E-state index contributed by atoms with van der Waals surface area (Å²) in [5.74, 6) is 0.0329. The maximum atomic E-state index is 10.9. The van der Waals surface area contributed by atoms with Gasteiger partial charge >= 0.3 is 6.09 Å². The molecular formula is C8H15NO3. The summed E-state index contributed by atoms with van der Waals surface area (Å²) in [6, 6.07) is 0. The summed E-state index contributed by atoms with van der Waals surface area (Å²) < 4.78 is 4.57. The number of ether oxygens (including phenoxy) is 1. The number of nitrogens with one attached hydrogen (secondary N) is 1. The van der Waals surface area contributed by atoms with E-state index < -0.39 is 6.09 Å². The van der Waals surface area contributed by atoms with Crippen LogP contribution >= 0.6 is 0 Å². The standard InChI is InChI=1S/C8H15NO3/c1-3-5-7(10)6-9-8(11)12-4-2/h3-6H2,1-2H3,(H,9,11). The number of ketones is 1. The van der Waals surface area contributed by atoms with Crippen molar-refractivity contribution in [3.63, 3.8) is 0 Å². The third-order valence-electron chi connectivity index (χ3n) is 1.23. The lowest BCUT2D eigenvalue weighted by Gasteiger charge is -2.02. The molecule has 0 unspecified atom stereocenters. The van der Waals surface area contributed by atoms with E-state index in [9.17, 15) is 9.59 Å². The van der Waals surface area contributed by atoms with Crippen molar-refractivity contribution in [2.24, 2.45) is 0 Å². The second kappa shape index (κ2) is 6.64. The van der Waals surface area contributed by atoms with Crippen LogP contribution in [0.2, 0.25) is 0 Å². The number of hydrogen-bond acceptors (Lipinski definition) is 3. The monoisotopic (exact) mass is 173 g/mol. The highest BCUT2D eigenvalue weighted by atomic mass is 16.5. The van der Waals surface area contributed by atoms with Crippen molar-refractivity contribution >= 4 is 11.9 Å². The Morgan fingerprint density at radius 2 is 2.00 bits per heavy atom. The lowest BCUT2D eigenvalue weighted by molar-refractivity contribution is -0.118.